The largest absolute Gasteiger partial charge is 0.482 e. The highest BCUT2D eigenvalue weighted by Crippen LogP contribution is 2.30. The third-order valence-electron chi connectivity index (χ3n) is 4.98. The van der Waals surface area contributed by atoms with Crippen LogP contribution in [0.3, 0.4) is 0 Å². The first-order valence-corrected chi connectivity index (χ1v) is 9.78. The maximum Gasteiger partial charge on any atom is 0.262 e. The van der Waals surface area contributed by atoms with Gasteiger partial charge in [-0.05, 0) is 48.0 Å². The summed E-state index contributed by atoms with van der Waals surface area (Å²) in [5, 5.41) is 9.00. The highest BCUT2D eigenvalue weighted by Gasteiger charge is 2.16. The van der Waals surface area contributed by atoms with Crippen LogP contribution in [0.25, 0.3) is 11.0 Å². The van der Waals surface area contributed by atoms with E-state index < -0.39 is 0 Å². The zero-order valence-electron chi connectivity index (χ0n) is 16.4. The molecule has 5 rings (SSSR count). The number of rotatable bonds is 5. The number of carbonyl (C=O) groups is 2. The van der Waals surface area contributed by atoms with Crippen molar-refractivity contribution in [2.45, 2.75) is 6.54 Å². The first-order valence-electron chi connectivity index (χ1n) is 9.78. The van der Waals surface area contributed by atoms with E-state index in [-0.39, 0.29) is 18.4 Å². The molecule has 0 bridgehead atoms. The summed E-state index contributed by atoms with van der Waals surface area (Å²) in [6, 6.07) is 18.5. The maximum atomic E-state index is 12.7. The standard InChI is InChI=1S/C23H19N5O3/c29-22-12-31-21-10-16(4-7-19(21)28-22)24-11-14-2-1-3-15(8-14)23(30)27-17-5-6-18-20(9-17)26-13-25-18/h1-10,13,24H,11-12H2,(H,25,26)(H,27,30)(H,28,29). The van der Waals surface area contributed by atoms with E-state index in [2.05, 4.69) is 25.9 Å². The monoisotopic (exact) mass is 413 g/mol. The number of aromatic amines is 1. The van der Waals surface area contributed by atoms with E-state index in [9.17, 15) is 9.59 Å². The number of carbonyl (C=O) groups excluding carboxylic acids is 2. The van der Waals surface area contributed by atoms with E-state index >= 15 is 0 Å². The van der Waals surface area contributed by atoms with Crippen molar-refractivity contribution in [3.63, 3.8) is 0 Å². The first kappa shape index (κ1) is 18.7. The van der Waals surface area contributed by atoms with E-state index in [4.69, 9.17) is 4.74 Å². The Hall–Kier alpha value is -4.33. The molecule has 0 saturated carbocycles. The summed E-state index contributed by atoms with van der Waals surface area (Å²) in [6.45, 7) is 0.548. The number of fused-ring (bicyclic) bond motifs is 2. The lowest BCUT2D eigenvalue weighted by Crippen LogP contribution is -2.25. The average molecular weight is 413 g/mol. The van der Waals surface area contributed by atoms with Crippen molar-refractivity contribution in [2.24, 2.45) is 0 Å². The molecule has 31 heavy (non-hydrogen) atoms. The van der Waals surface area contributed by atoms with Crippen molar-refractivity contribution >= 4 is 39.9 Å². The van der Waals surface area contributed by atoms with Crippen LogP contribution in [0.5, 0.6) is 5.75 Å². The summed E-state index contributed by atoms with van der Waals surface area (Å²) in [6.07, 6.45) is 1.62. The second-order valence-corrected chi connectivity index (χ2v) is 7.19. The Bertz CT molecular complexity index is 1300. The minimum Gasteiger partial charge on any atom is -0.482 e. The van der Waals surface area contributed by atoms with Crippen LogP contribution in [0.15, 0.2) is 67.0 Å². The quantitative estimate of drug-likeness (QED) is 0.398. The summed E-state index contributed by atoms with van der Waals surface area (Å²) in [7, 11) is 0. The number of nitrogens with zero attached hydrogens (tertiary/aromatic N) is 1. The average Bonchev–Trinajstić information content (AvgIpc) is 3.26. The number of nitrogens with one attached hydrogen (secondary N) is 4. The summed E-state index contributed by atoms with van der Waals surface area (Å²) >= 11 is 0. The second-order valence-electron chi connectivity index (χ2n) is 7.19. The van der Waals surface area contributed by atoms with Gasteiger partial charge in [0.05, 0.1) is 23.0 Å². The Morgan fingerprint density at radius 3 is 2.90 bits per heavy atom. The van der Waals surface area contributed by atoms with Gasteiger partial charge >= 0.3 is 0 Å². The fourth-order valence-corrected chi connectivity index (χ4v) is 3.42. The van der Waals surface area contributed by atoms with Crippen molar-refractivity contribution in [2.75, 3.05) is 22.6 Å². The van der Waals surface area contributed by atoms with E-state index in [1.165, 1.54) is 0 Å². The van der Waals surface area contributed by atoms with Crippen LogP contribution in [0, 0.1) is 0 Å². The molecule has 1 aliphatic heterocycles. The van der Waals surface area contributed by atoms with Crippen LogP contribution in [0.1, 0.15) is 15.9 Å². The van der Waals surface area contributed by atoms with Crippen LogP contribution in [-0.2, 0) is 11.3 Å². The third-order valence-corrected chi connectivity index (χ3v) is 4.98. The second kappa shape index (κ2) is 7.83. The summed E-state index contributed by atoms with van der Waals surface area (Å²) in [5.74, 6) is 0.286. The van der Waals surface area contributed by atoms with Crippen molar-refractivity contribution in [1.29, 1.82) is 0 Å². The number of aromatic nitrogens is 2. The van der Waals surface area contributed by atoms with Gasteiger partial charge in [0.15, 0.2) is 6.61 Å². The number of ether oxygens (including phenoxy) is 1. The molecule has 0 unspecified atom stereocenters. The van der Waals surface area contributed by atoms with E-state index in [0.717, 1.165) is 22.3 Å². The van der Waals surface area contributed by atoms with E-state index in [1.54, 1.807) is 18.5 Å². The topological polar surface area (TPSA) is 108 Å². The number of hydrogen-bond donors (Lipinski definition) is 4. The van der Waals surface area contributed by atoms with Gasteiger partial charge in [0.2, 0.25) is 0 Å². The normalized spacial score (nSPS) is 12.6. The fraction of sp³-hybridized carbons (Fsp3) is 0.0870. The zero-order valence-corrected chi connectivity index (χ0v) is 16.4. The zero-order chi connectivity index (χ0) is 21.2. The number of benzene rings is 3. The Morgan fingerprint density at radius 2 is 1.97 bits per heavy atom. The molecular formula is C23H19N5O3. The van der Waals surface area contributed by atoms with Gasteiger partial charge in [-0.25, -0.2) is 4.98 Å². The number of amides is 2. The molecule has 4 N–H and O–H groups in total. The van der Waals surface area contributed by atoms with E-state index in [1.807, 2.05) is 48.5 Å². The van der Waals surface area contributed by atoms with Crippen LogP contribution >= 0.6 is 0 Å². The number of anilines is 3. The first-order chi connectivity index (χ1) is 15.1. The highest BCUT2D eigenvalue weighted by atomic mass is 16.5. The summed E-state index contributed by atoms with van der Waals surface area (Å²) in [5.41, 5.74) is 5.45. The Kier molecular flexibility index (Phi) is 4.72. The maximum absolute atomic E-state index is 12.7. The van der Waals surface area contributed by atoms with Crippen molar-refractivity contribution in [3.8, 4) is 5.75 Å². The van der Waals surface area contributed by atoms with Crippen LogP contribution < -0.4 is 20.7 Å². The molecule has 8 nitrogen and oxygen atoms in total. The molecule has 0 radical (unpaired) electrons. The van der Waals surface area contributed by atoms with Crippen molar-refractivity contribution in [1.82, 2.24) is 9.97 Å². The van der Waals surface area contributed by atoms with Crippen LogP contribution in [0.2, 0.25) is 0 Å². The SMILES string of the molecule is O=C1COc2cc(NCc3cccc(C(=O)Nc4ccc5[nH]cnc5c4)c3)ccc2N1. The van der Waals surface area contributed by atoms with Gasteiger partial charge in [0, 0.05) is 29.5 Å². The third kappa shape index (κ3) is 4.04. The minimum absolute atomic E-state index is 0.0146. The van der Waals surface area contributed by atoms with Crippen LogP contribution in [-0.4, -0.2) is 28.4 Å². The molecule has 0 fully saturated rings. The molecule has 0 aliphatic carbocycles. The molecule has 8 heteroatoms. The summed E-state index contributed by atoms with van der Waals surface area (Å²) in [4.78, 5) is 31.3. The van der Waals surface area contributed by atoms with Crippen molar-refractivity contribution in [3.05, 3.63) is 78.1 Å². The fourth-order valence-electron chi connectivity index (χ4n) is 3.42. The van der Waals surface area contributed by atoms with Gasteiger partial charge in [-0.1, -0.05) is 12.1 Å². The minimum atomic E-state index is -0.186. The molecule has 1 aromatic heterocycles. The molecule has 2 heterocycles. The Balaban J connectivity index is 1.25. The molecule has 154 valence electrons. The van der Waals surface area contributed by atoms with E-state index in [0.29, 0.717) is 29.2 Å². The molecule has 0 atom stereocenters. The Labute approximate surface area is 177 Å². The van der Waals surface area contributed by atoms with Gasteiger partial charge in [0.1, 0.15) is 5.75 Å². The molecule has 1 aliphatic rings. The Morgan fingerprint density at radius 1 is 1.06 bits per heavy atom. The lowest BCUT2D eigenvalue weighted by atomic mass is 10.1. The van der Waals surface area contributed by atoms with Crippen LogP contribution in [0.4, 0.5) is 17.1 Å². The van der Waals surface area contributed by atoms with Gasteiger partial charge in [-0.2, -0.15) is 0 Å². The van der Waals surface area contributed by atoms with Gasteiger partial charge in [-0.15, -0.1) is 0 Å². The molecule has 0 saturated heterocycles. The predicted molar refractivity (Wildman–Crippen MR) is 118 cm³/mol. The lowest BCUT2D eigenvalue weighted by Gasteiger charge is -2.19. The molecule has 0 spiro atoms. The predicted octanol–water partition coefficient (Wildman–Crippen LogP) is 3.76. The smallest absolute Gasteiger partial charge is 0.262 e. The molecular weight excluding hydrogens is 394 g/mol. The van der Waals surface area contributed by atoms with Gasteiger partial charge < -0.3 is 25.7 Å². The summed E-state index contributed by atoms with van der Waals surface area (Å²) < 4.78 is 5.45. The van der Waals surface area contributed by atoms with Crippen molar-refractivity contribution < 1.29 is 14.3 Å². The lowest BCUT2D eigenvalue weighted by molar-refractivity contribution is -0.118. The number of imidazole rings is 1. The van der Waals surface area contributed by atoms with Gasteiger partial charge in [0.25, 0.3) is 11.8 Å². The number of hydrogen-bond acceptors (Lipinski definition) is 5. The highest BCUT2D eigenvalue weighted by molar-refractivity contribution is 6.05. The molecule has 4 aromatic rings. The molecule has 2 amide bonds. The van der Waals surface area contributed by atoms with Gasteiger partial charge in [-0.3, -0.25) is 9.59 Å². The molecule has 3 aromatic carbocycles. The number of H-pyrrole nitrogens is 1.